The summed E-state index contributed by atoms with van der Waals surface area (Å²) in [5, 5.41) is 0. The summed E-state index contributed by atoms with van der Waals surface area (Å²) in [6.45, 7) is 6.55. The SMILES string of the molecule is CCCN(CC)c1nc(CN)co1. The molecule has 0 amide bonds. The number of anilines is 1. The number of oxazole rings is 1. The van der Waals surface area contributed by atoms with E-state index in [4.69, 9.17) is 10.2 Å². The molecule has 0 aliphatic carbocycles. The van der Waals surface area contributed by atoms with Gasteiger partial charge in [0.2, 0.25) is 0 Å². The van der Waals surface area contributed by atoms with Gasteiger partial charge in [-0.2, -0.15) is 4.98 Å². The Kier molecular flexibility index (Phi) is 3.76. The first kappa shape index (κ1) is 10.1. The van der Waals surface area contributed by atoms with Crippen LogP contribution in [0, 0.1) is 0 Å². The van der Waals surface area contributed by atoms with Crippen molar-refractivity contribution < 1.29 is 4.42 Å². The van der Waals surface area contributed by atoms with Crippen molar-refractivity contribution in [2.45, 2.75) is 26.8 Å². The van der Waals surface area contributed by atoms with E-state index in [1.54, 1.807) is 6.26 Å². The Morgan fingerprint density at radius 3 is 2.77 bits per heavy atom. The van der Waals surface area contributed by atoms with Gasteiger partial charge in [-0.3, -0.25) is 0 Å². The van der Waals surface area contributed by atoms with Gasteiger partial charge in [-0.15, -0.1) is 0 Å². The van der Waals surface area contributed by atoms with Gasteiger partial charge in [-0.25, -0.2) is 0 Å². The summed E-state index contributed by atoms with van der Waals surface area (Å²) in [6, 6.07) is 0.685. The number of hydrogen-bond acceptors (Lipinski definition) is 4. The van der Waals surface area contributed by atoms with Crippen molar-refractivity contribution in [3.05, 3.63) is 12.0 Å². The average molecular weight is 183 g/mol. The fraction of sp³-hybridized carbons (Fsp3) is 0.667. The first-order valence-electron chi connectivity index (χ1n) is 4.71. The third-order valence-corrected chi connectivity index (χ3v) is 1.89. The highest BCUT2D eigenvalue weighted by Crippen LogP contribution is 2.13. The van der Waals surface area contributed by atoms with Gasteiger partial charge >= 0.3 is 0 Å². The van der Waals surface area contributed by atoms with E-state index in [1.807, 2.05) is 0 Å². The van der Waals surface area contributed by atoms with Crippen LogP contribution in [0.4, 0.5) is 6.01 Å². The molecule has 1 aromatic rings. The van der Waals surface area contributed by atoms with Gasteiger partial charge in [0.1, 0.15) is 6.26 Å². The van der Waals surface area contributed by atoms with Crippen LogP contribution in [0.3, 0.4) is 0 Å². The lowest BCUT2D eigenvalue weighted by Crippen LogP contribution is -2.23. The Morgan fingerprint density at radius 2 is 2.31 bits per heavy atom. The van der Waals surface area contributed by atoms with Gasteiger partial charge in [-0.1, -0.05) is 6.92 Å². The summed E-state index contributed by atoms with van der Waals surface area (Å²) in [4.78, 5) is 6.35. The topological polar surface area (TPSA) is 55.3 Å². The summed E-state index contributed by atoms with van der Waals surface area (Å²) in [6.07, 6.45) is 2.71. The largest absolute Gasteiger partial charge is 0.432 e. The predicted molar refractivity (Wildman–Crippen MR) is 52.6 cm³/mol. The average Bonchev–Trinajstić information content (AvgIpc) is 2.62. The van der Waals surface area contributed by atoms with Crippen molar-refractivity contribution in [1.29, 1.82) is 0 Å². The van der Waals surface area contributed by atoms with Gasteiger partial charge in [-0.05, 0) is 13.3 Å². The van der Waals surface area contributed by atoms with Crippen LogP contribution in [0.5, 0.6) is 0 Å². The lowest BCUT2D eigenvalue weighted by atomic mass is 10.4. The molecule has 0 saturated carbocycles. The first-order chi connectivity index (χ1) is 6.31. The summed E-state index contributed by atoms with van der Waals surface area (Å²) in [5.41, 5.74) is 6.25. The second-order valence-corrected chi connectivity index (χ2v) is 2.91. The van der Waals surface area contributed by atoms with E-state index in [0.717, 1.165) is 25.2 Å². The molecule has 1 aromatic heterocycles. The lowest BCUT2D eigenvalue weighted by molar-refractivity contribution is 0.534. The second-order valence-electron chi connectivity index (χ2n) is 2.91. The van der Waals surface area contributed by atoms with Gasteiger partial charge in [0.25, 0.3) is 6.01 Å². The normalized spacial score (nSPS) is 10.4. The first-order valence-corrected chi connectivity index (χ1v) is 4.71. The van der Waals surface area contributed by atoms with Crippen LogP contribution in [0.2, 0.25) is 0 Å². The van der Waals surface area contributed by atoms with Crippen LogP contribution in [0.1, 0.15) is 26.0 Å². The molecule has 0 bridgehead atoms. The predicted octanol–water partition coefficient (Wildman–Crippen LogP) is 1.37. The molecule has 0 aliphatic rings. The van der Waals surface area contributed by atoms with Crippen molar-refractivity contribution in [2.75, 3.05) is 18.0 Å². The highest BCUT2D eigenvalue weighted by atomic mass is 16.4. The zero-order chi connectivity index (χ0) is 9.68. The Labute approximate surface area is 78.7 Å². The summed E-state index contributed by atoms with van der Waals surface area (Å²) in [5.74, 6) is 0. The minimum Gasteiger partial charge on any atom is -0.432 e. The van der Waals surface area contributed by atoms with Crippen LogP contribution >= 0.6 is 0 Å². The zero-order valence-electron chi connectivity index (χ0n) is 8.29. The molecule has 1 rings (SSSR count). The van der Waals surface area contributed by atoms with Crippen molar-refractivity contribution in [2.24, 2.45) is 5.73 Å². The van der Waals surface area contributed by atoms with Gasteiger partial charge in [0.05, 0.1) is 5.69 Å². The van der Waals surface area contributed by atoms with E-state index < -0.39 is 0 Å². The molecule has 74 valence electrons. The zero-order valence-corrected chi connectivity index (χ0v) is 8.29. The van der Waals surface area contributed by atoms with Crippen molar-refractivity contribution >= 4 is 6.01 Å². The van der Waals surface area contributed by atoms with Crippen LogP contribution in [-0.4, -0.2) is 18.1 Å². The standard InChI is InChI=1S/C9H17N3O/c1-3-5-12(4-2)9-11-8(6-10)7-13-9/h7H,3-6,10H2,1-2H3. The highest BCUT2D eigenvalue weighted by Gasteiger charge is 2.09. The van der Waals surface area contributed by atoms with E-state index >= 15 is 0 Å². The van der Waals surface area contributed by atoms with Gasteiger partial charge < -0.3 is 15.1 Å². The van der Waals surface area contributed by atoms with E-state index in [2.05, 4.69) is 23.7 Å². The Balaban J connectivity index is 2.67. The smallest absolute Gasteiger partial charge is 0.297 e. The number of rotatable bonds is 5. The van der Waals surface area contributed by atoms with Crippen molar-refractivity contribution in [3.8, 4) is 0 Å². The fourth-order valence-electron chi connectivity index (χ4n) is 1.19. The molecule has 0 saturated heterocycles. The Bertz CT molecular complexity index is 247. The molecule has 0 spiro atoms. The molecule has 4 heteroatoms. The quantitative estimate of drug-likeness (QED) is 0.749. The van der Waals surface area contributed by atoms with Crippen LogP contribution in [-0.2, 0) is 6.54 Å². The second kappa shape index (κ2) is 4.87. The summed E-state index contributed by atoms with van der Waals surface area (Å²) in [7, 11) is 0. The summed E-state index contributed by atoms with van der Waals surface area (Å²) >= 11 is 0. The van der Waals surface area contributed by atoms with Crippen molar-refractivity contribution in [1.82, 2.24) is 4.98 Å². The molecule has 0 aromatic carbocycles. The van der Waals surface area contributed by atoms with Crippen LogP contribution < -0.4 is 10.6 Å². The fourth-order valence-corrected chi connectivity index (χ4v) is 1.19. The van der Waals surface area contributed by atoms with E-state index in [-0.39, 0.29) is 0 Å². The van der Waals surface area contributed by atoms with E-state index in [0.29, 0.717) is 12.6 Å². The Hall–Kier alpha value is -1.03. The van der Waals surface area contributed by atoms with Crippen LogP contribution in [0.25, 0.3) is 0 Å². The molecule has 13 heavy (non-hydrogen) atoms. The van der Waals surface area contributed by atoms with Crippen LogP contribution in [0.15, 0.2) is 10.7 Å². The molecule has 0 unspecified atom stereocenters. The number of aromatic nitrogens is 1. The van der Waals surface area contributed by atoms with Gasteiger partial charge in [0.15, 0.2) is 0 Å². The van der Waals surface area contributed by atoms with E-state index in [1.165, 1.54) is 0 Å². The molecule has 0 radical (unpaired) electrons. The minimum absolute atomic E-state index is 0.438. The lowest BCUT2D eigenvalue weighted by Gasteiger charge is -2.16. The molecule has 0 fully saturated rings. The maximum atomic E-state index is 5.44. The monoisotopic (exact) mass is 183 g/mol. The number of nitrogens with zero attached hydrogens (tertiary/aromatic N) is 2. The van der Waals surface area contributed by atoms with Crippen molar-refractivity contribution in [3.63, 3.8) is 0 Å². The minimum atomic E-state index is 0.438. The number of nitrogens with two attached hydrogens (primary N) is 1. The molecule has 1 heterocycles. The third-order valence-electron chi connectivity index (χ3n) is 1.89. The number of hydrogen-bond donors (Lipinski definition) is 1. The molecular formula is C9H17N3O. The molecule has 2 N–H and O–H groups in total. The maximum Gasteiger partial charge on any atom is 0.297 e. The molecule has 0 aliphatic heterocycles. The molecular weight excluding hydrogens is 166 g/mol. The molecule has 4 nitrogen and oxygen atoms in total. The third kappa shape index (κ3) is 2.45. The highest BCUT2D eigenvalue weighted by molar-refractivity contribution is 5.26. The van der Waals surface area contributed by atoms with Gasteiger partial charge in [0, 0.05) is 19.6 Å². The molecule has 0 atom stereocenters. The Morgan fingerprint density at radius 1 is 1.54 bits per heavy atom. The maximum absolute atomic E-state index is 5.44. The summed E-state index contributed by atoms with van der Waals surface area (Å²) < 4.78 is 5.30. The van der Waals surface area contributed by atoms with E-state index in [9.17, 15) is 0 Å².